The molecule has 1 heterocycles. The van der Waals surface area contributed by atoms with E-state index < -0.39 is 0 Å². The summed E-state index contributed by atoms with van der Waals surface area (Å²) in [5.74, 6) is 1.11. The molecule has 0 aliphatic rings. The number of aryl methyl sites for hydroxylation is 1. The Labute approximate surface area is 93.3 Å². The molecule has 0 saturated heterocycles. The van der Waals surface area contributed by atoms with Crippen LogP contribution < -0.4 is 4.57 Å². The number of nitrogens with one attached hydrogen (secondary N) is 1. The van der Waals surface area contributed by atoms with Crippen molar-refractivity contribution in [2.75, 3.05) is 0 Å². The van der Waals surface area contributed by atoms with Crippen LogP contribution in [0.4, 0.5) is 5.69 Å². The Morgan fingerprint density at radius 1 is 1.38 bits per heavy atom. The smallest absolute Gasteiger partial charge is 0.248 e. The minimum Gasteiger partial charge on any atom is -0.248 e. The summed E-state index contributed by atoms with van der Waals surface area (Å²) < 4.78 is 2.11. The normalized spacial score (nSPS) is 9.81. The number of benzene rings is 1. The lowest BCUT2D eigenvalue weighted by Crippen LogP contribution is -2.34. The summed E-state index contributed by atoms with van der Waals surface area (Å²) in [6, 6.07) is 7.52. The van der Waals surface area contributed by atoms with Crippen molar-refractivity contribution in [2.24, 2.45) is 4.99 Å². The number of aromatic amines is 1. The van der Waals surface area contributed by atoms with Crippen LogP contribution in [0.3, 0.4) is 0 Å². The number of imidazole rings is 1. The molecule has 0 aliphatic carbocycles. The molecule has 16 heavy (non-hydrogen) atoms. The first-order chi connectivity index (χ1) is 7.79. The average Bonchev–Trinajstić information content (AvgIpc) is 2.68. The molecule has 4 nitrogen and oxygen atoms in total. The van der Waals surface area contributed by atoms with Gasteiger partial charge in [0.2, 0.25) is 6.08 Å². The number of aliphatic imine (C=N–C) groups is 1. The molecule has 1 aromatic heterocycles. The second-order valence-corrected chi connectivity index (χ2v) is 3.54. The maximum Gasteiger partial charge on any atom is 0.251 e. The van der Waals surface area contributed by atoms with Crippen molar-refractivity contribution in [3.63, 3.8) is 0 Å². The third kappa shape index (κ3) is 2.24. The standard InChI is InChI=1S/C12H11N3O/c1-10-13-6-7-15(10)8-11-2-4-12(5-3-11)14-9-16/h2-7H,8H2,1H3/p+1. The van der Waals surface area contributed by atoms with Gasteiger partial charge in [0.15, 0.2) is 0 Å². The van der Waals surface area contributed by atoms with Gasteiger partial charge >= 0.3 is 0 Å². The van der Waals surface area contributed by atoms with Crippen molar-refractivity contribution in [3.8, 4) is 0 Å². The van der Waals surface area contributed by atoms with Crippen molar-refractivity contribution >= 4 is 11.8 Å². The number of aromatic nitrogens is 2. The van der Waals surface area contributed by atoms with E-state index in [-0.39, 0.29) is 0 Å². The predicted molar refractivity (Wildman–Crippen MR) is 59.1 cm³/mol. The first-order valence-corrected chi connectivity index (χ1v) is 5.00. The lowest BCUT2D eigenvalue weighted by molar-refractivity contribution is -0.693. The van der Waals surface area contributed by atoms with Crippen LogP contribution in [0.5, 0.6) is 0 Å². The van der Waals surface area contributed by atoms with Crippen LogP contribution in [0.15, 0.2) is 41.7 Å². The van der Waals surface area contributed by atoms with Gasteiger partial charge in [-0.15, -0.1) is 0 Å². The van der Waals surface area contributed by atoms with Gasteiger partial charge in [0, 0.05) is 6.92 Å². The maximum atomic E-state index is 10.1. The fourth-order valence-electron chi connectivity index (χ4n) is 1.54. The monoisotopic (exact) mass is 214 g/mol. The van der Waals surface area contributed by atoms with Crippen LogP contribution in [0.1, 0.15) is 11.4 Å². The van der Waals surface area contributed by atoms with E-state index in [0.29, 0.717) is 5.69 Å². The number of H-pyrrole nitrogens is 1. The molecule has 0 bridgehead atoms. The second kappa shape index (κ2) is 4.55. The molecular formula is C12H12N3O+. The fraction of sp³-hybridized carbons (Fsp3) is 0.167. The summed E-state index contributed by atoms with van der Waals surface area (Å²) in [4.78, 5) is 16.7. The van der Waals surface area contributed by atoms with E-state index in [4.69, 9.17) is 0 Å². The van der Waals surface area contributed by atoms with Gasteiger partial charge in [-0.25, -0.2) is 14.3 Å². The third-order valence-electron chi connectivity index (χ3n) is 2.44. The second-order valence-electron chi connectivity index (χ2n) is 3.54. The van der Waals surface area contributed by atoms with Gasteiger partial charge in [-0.2, -0.15) is 4.99 Å². The van der Waals surface area contributed by atoms with Gasteiger partial charge in [-0.1, -0.05) is 12.1 Å². The molecule has 80 valence electrons. The Bertz CT molecular complexity index is 521. The number of nitrogens with zero attached hydrogens (tertiary/aromatic N) is 2. The predicted octanol–water partition coefficient (Wildman–Crippen LogP) is 1.63. The molecule has 0 fully saturated rings. The minimum absolute atomic E-state index is 0.634. The van der Waals surface area contributed by atoms with Crippen LogP contribution in [0.2, 0.25) is 0 Å². The first kappa shape index (κ1) is 10.3. The van der Waals surface area contributed by atoms with Crippen LogP contribution in [-0.2, 0) is 11.3 Å². The highest BCUT2D eigenvalue weighted by Gasteiger charge is 2.04. The molecule has 0 spiro atoms. The summed E-state index contributed by atoms with van der Waals surface area (Å²) in [7, 11) is 0. The molecule has 1 aromatic carbocycles. The van der Waals surface area contributed by atoms with E-state index in [1.165, 1.54) is 6.08 Å². The lowest BCUT2D eigenvalue weighted by atomic mass is 10.2. The highest BCUT2D eigenvalue weighted by Crippen LogP contribution is 2.11. The molecule has 0 atom stereocenters. The Morgan fingerprint density at radius 3 is 2.69 bits per heavy atom. The zero-order chi connectivity index (χ0) is 11.4. The summed E-state index contributed by atoms with van der Waals surface area (Å²) in [6.07, 6.45) is 5.42. The van der Waals surface area contributed by atoms with E-state index in [2.05, 4.69) is 14.5 Å². The molecule has 0 aliphatic heterocycles. The van der Waals surface area contributed by atoms with E-state index in [9.17, 15) is 4.79 Å². The SMILES string of the molecule is Cc1[nH]cc[n+]1Cc1ccc(N=C=O)cc1. The largest absolute Gasteiger partial charge is 0.251 e. The molecule has 0 unspecified atom stereocenters. The number of hydrogen-bond donors (Lipinski definition) is 1. The molecule has 1 N–H and O–H groups in total. The fourth-order valence-corrected chi connectivity index (χ4v) is 1.54. The quantitative estimate of drug-likeness (QED) is 0.471. The highest BCUT2D eigenvalue weighted by atomic mass is 16.1. The van der Waals surface area contributed by atoms with Gasteiger partial charge < -0.3 is 0 Å². The minimum atomic E-state index is 0.634. The highest BCUT2D eigenvalue weighted by molar-refractivity contribution is 5.48. The summed E-state index contributed by atoms with van der Waals surface area (Å²) in [5, 5.41) is 0. The van der Waals surface area contributed by atoms with Crippen LogP contribution in [-0.4, -0.2) is 11.1 Å². The van der Waals surface area contributed by atoms with Crippen LogP contribution in [0.25, 0.3) is 0 Å². The van der Waals surface area contributed by atoms with Crippen molar-refractivity contribution in [1.29, 1.82) is 0 Å². The van der Waals surface area contributed by atoms with E-state index in [1.807, 2.05) is 43.6 Å². The lowest BCUT2D eigenvalue weighted by Gasteiger charge is -1.99. The number of hydrogen-bond acceptors (Lipinski definition) is 2. The Balaban J connectivity index is 2.17. The van der Waals surface area contributed by atoms with Gasteiger partial charge in [0.05, 0.1) is 5.69 Å². The molecule has 2 aromatic rings. The maximum absolute atomic E-state index is 10.1. The number of rotatable bonds is 3. The van der Waals surface area contributed by atoms with Gasteiger partial charge in [0.25, 0.3) is 5.82 Å². The van der Waals surface area contributed by atoms with Gasteiger partial charge in [0.1, 0.15) is 18.9 Å². The third-order valence-corrected chi connectivity index (χ3v) is 2.44. The van der Waals surface area contributed by atoms with E-state index in [1.54, 1.807) is 0 Å². The van der Waals surface area contributed by atoms with Crippen LogP contribution >= 0.6 is 0 Å². The van der Waals surface area contributed by atoms with Crippen molar-refractivity contribution in [1.82, 2.24) is 4.98 Å². The van der Waals surface area contributed by atoms with Crippen LogP contribution in [0, 0.1) is 6.92 Å². The molecule has 0 amide bonds. The Morgan fingerprint density at radius 2 is 2.12 bits per heavy atom. The van der Waals surface area contributed by atoms with Gasteiger partial charge in [-0.05, 0) is 17.7 Å². The average molecular weight is 214 g/mol. The summed E-state index contributed by atoms with van der Waals surface area (Å²) in [5.41, 5.74) is 1.80. The number of isocyanates is 1. The van der Waals surface area contributed by atoms with Crippen molar-refractivity contribution in [3.05, 3.63) is 48.0 Å². The Hall–Kier alpha value is -2.19. The van der Waals surface area contributed by atoms with E-state index >= 15 is 0 Å². The van der Waals surface area contributed by atoms with Crippen molar-refractivity contribution < 1.29 is 9.36 Å². The van der Waals surface area contributed by atoms with Crippen molar-refractivity contribution in [2.45, 2.75) is 13.5 Å². The zero-order valence-electron chi connectivity index (χ0n) is 8.97. The molecule has 2 rings (SSSR count). The first-order valence-electron chi connectivity index (χ1n) is 5.00. The number of carbonyl (C=O) groups excluding carboxylic acids is 1. The summed E-state index contributed by atoms with van der Waals surface area (Å²) in [6.45, 7) is 2.82. The molecule has 0 radical (unpaired) electrons. The summed E-state index contributed by atoms with van der Waals surface area (Å²) >= 11 is 0. The molecule has 0 saturated carbocycles. The topological polar surface area (TPSA) is 49.1 Å². The molecular weight excluding hydrogens is 202 g/mol. The van der Waals surface area contributed by atoms with E-state index in [0.717, 1.165) is 17.9 Å². The molecule has 4 heteroatoms. The van der Waals surface area contributed by atoms with Gasteiger partial charge in [-0.3, -0.25) is 0 Å². The Kier molecular flexibility index (Phi) is 2.94. The zero-order valence-corrected chi connectivity index (χ0v) is 8.97.